The van der Waals surface area contributed by atoms with Crippen LogP contribution in [0.25, 0.3) is 0 Å². The minimum absolute atomic E-state index is 0.184. The van der Waals surface area contributed by atoms with Gasteiger partial charge < -0.3 is 9.73 Å². The maximum Gasteiger partial charge on any atom is 0.260 e. The Kier molecular flexibility index (Phi) is 2.98. The second kappa shape index (κ2) is 4.33. The van der Waals surface area contributed by atoms with Crippen molar-refractivity contribution in [1.29, 1.82) is 0 Å². The summed E-state index contributed by atoms with van der Waals surface area (Å²) in [6.07, 6.45) is 0. The number of carbonyl (C=O) groups is 1. The lowest BCUT2D eigenvalue weighted by molar-refractivity contribution is 0.102. The highest BCUT2D eigenvalue weighted by Gasteiger charge is 2.20. The van der Waals surface area contributed by atoms with Crippen LogP contribution in [0.15, 0.2) is 4.42 Å². The van der Waals surface area contributed by atoms with Gasteiger partial charge in [0.2, 0.25) is 0 Å². The van der Waals surface area contributed by atoms with Gasteiger partial charge in [-0.3, -0.25) is 9.89 Å². The molecule has 18 heavy (non-hydrogen) atoms. The number of amides is 1. The van der Waals surface area contributed by atoms with Gasteiger partial charge in [0.1, 0.15) is 11.5 Å². The van der Waals surface area contributed by atoms with Crippen LogP contribution in [0, 0.1) is 34.6 Å². The molecule has 0 aliphatic carbocycles. The summed E-state index contributed by atoms with van der Waals surface area (Å²) in [7, 11) is 0. The summed E-state index contributed by atoms with van der Waals surface area (Å²) in [5.74, 6) is 1.78. The molecule has 0 saturated carbocycles. The molecule has 0 spiro atoms. The average Bonchev–Trinajstić information content (AvgIpc) is 2.73. The van der Waals surface area contributed by atoms with Gasteiger partial charge in [-0.2, -0.15) is 5.10 Å². The maximum atomic E-state index is 12.2. The van der Waals surface area contributed by atoms with E-state index in [4.69, 9.17) is 4.42 Å². The standard InChI is InChI=1S/C13H17N3O2/c1-6-8(3)15-16-12(6)14-13(17)11-7(2)9(4)18-10(11)5/h1-5H3,(H2,14,15,16,17). The van der Waals surface area contributed by atoms with E-state index >= 15 is 0 Å². The summed E-state index contributed by atoms with van der Waals surface area (Å²) < 4.78 is 5.45. The van der Waals surface area contributed by atoms with Crippen molar-refractivity contribution < 1.29 is 9.21 Å². The molecule has 1 amide bonds. The molecule has 0 aromatic carbocycles. The molecular weight excluding hydrogens is 230 g/mol. The minimum Gasteiger partial charge on any atom is -0.466 e. The molecule has 2 aromatic rings. The van der Waals surface area contributed by atoms with Crippen LogP contribution in [-0.4, -0.2) is 16.1 Å². The monoisotopic (exact) mass is 247 g/mol. The molecule has 0 aliphatic rings. The van der Waals surface area contributed by atoms with Crippen LogP contribution in [0.1, 0.15) is 38.7 Å². The number of aromatic nitrogens is 2. The van der Waals surface area contributed by atoms with E-state index in [2.05, 4.69) is 15.5 Å². The van der Waals surface area contributed by atoms with E-state index in [-0.39, 0.29) is 5.91 Å². The zero-order valence-electron chi connectivity index (χ0n) is 11.3. The van der Waals surface area contributed by atoms with Gasteiger partial charge in [0.05, 0.1) is 5.56 Å². The molecule has 5 nitrogen and oxygen atoms in total. The average molecular weight is 247 g/mol. The highest BCUT2D eigenvalue weighted by Crippen LogP contribution is 2.22. The summed E-state index contributed by atoms with van der Waals surface area (Å²) in [6, 6.07) is 0. The normalized spacial score (nSPS) is 10.7. The number of nitrogens with one attached hydrogen (secondary N) is 2. The number of carbonyl (C=O) groups excluding carboxylic acids is 1. The molecule has 2 heterocycles. The van der Waals surface area contributed by atoms with Crippen molar-refractivity contribution in [3.8, 4) is 0 Å². The van der Waals surface area contributed by atoms with Gasteiger partial charge in [-0.25, -0.2) is 0 Å². The zero-order valence-corrected chi connectivity index (χ0v) is 11.3. The predicted octanol–water partition coefficient (Wildman–Crippen LogP) is 2.80. The number of rotatable bonds is 2. The molecule has 2 aromatic heterocycles. The first kappa shape index (κ1) is 12.4. The van der Waals surface area contributed by atoms with Gasteiger partial charge in [0.15, 0.2) is 5.82 Å². The van der Waals surface area contributed by atoms with E-state index in [9.17, 15) is 4.79 Å². The second-order valence-electron chi connectivity index (χ2n) is 4.49. The Balaban J connectivity index is 2.30. The fraction of sp³-hybridized carbons (Fsp3) is 0.385. The van der Waals surface area contributed by atoms with Crippen molar-refractivity contribution in [2.45, 2.75) is 34.6 Å². The molecule has 0 fully saturated rings. The molecule has 0 saturated heterocycles. The summed E-state index contributed by atoms with van der Waals surface area (Å²) in [5.41, 5.74) is 3.35. The molecule has 2 N–H and O–H groups in total. The Labute approximate surface area is 106 Å². The topological polar surface area (TPSA) is 70.9 Å². The number of nitrogens with zero attached hydrogens (tertiary/aromatic N) is 1. The Morgan fingerprint density at radius 1 is 1.11 bits per heavy atom. The van der Waals surface area contributed by atoms with Gasteiger partial charge in [0.25, 0.3) is 5.91 Å². The van der Waals surface area contributed by atoms with E-state index in [0.717, 1.165) is 22.6 Å². The van der Waals surface area contributed by atoms with E-state index < -0.39 is 0 Å². The first-order valence-corrected chi connectivity index (χ1v) is 5.81. The largest absolute Gasteiger partial charge is 0.466 e. The molecular formula is C13H17N3O2. The lowest BCUT2D eigenvalue weighted by atomic mass is 10.1. The van der Waals surface area contributed by atoms with Gasteiger partial charge in [0, 0.05) is 16.8 Å². The SMILES string of the molecule is Cc1[nH]nc(NC(=O)c2c(C)oc(C)c2C)c1C. The molecule has 0 bridgehead atoms. The lowest BCUT2D eigenvalue weighted by Gasteiger charge is -2.03. The summed E-state index contributed by atoms with van der Waals surface area (Å²) in [5, 5.41) is 9.70. The Bertz CT molecular complexity index is 608. The number of hydrogen-bond acceptors (Lipinski definition) is 3. The van der Waals surface area contributed by atoms with Gasteiger partial charge in [-0.15, -0.1) is 0 Å². The predicted molar refractivity (Wildman–Crippen MR) is 68.9 cm³/mol. The third-order valence-electron chi connectivity index (χ3n) is 3.27. The van der Waals surface area contributed by atoms with Crippen LogP contribution in [0.5, 0.6) is 0 Å². The fourth-order valence-electron chi connectivity index (χ4n) is 1.90. The van der Waals surface area contributed by atoms with Crippen LogP contribution in [0.3, 0.4) is 0 Å². The Morgan fingerprint density at radius 2 is 1.78 bits per heavy atom. The fourth-order valence-corrected chi connectivity index (χ4v) is 1.90. The minimum atomic E-state index is -0.184. The number of aryl methyl sites for hydroxylation is 3. The Hall–Kier alpha value is -2.04. The van der Waals surface area contributed by atoms with Crippen LogP contribution in [0.4, 0.5) is 5.82 Å². The van der Waals surface area contributed by atoms with Crippen molar-refractivity contribution in [2.24, 2.45) is 0 Å². The van der Waals surface area contributed by atoms with Gasteiger partial charge in [-0.05, 0) is 34.6 Å². The molecule has 0 unspecified atom stereocenters. The maximum absolute atomic E-state index is 12.2. The van der Waals surface area contributed by atoms with Crippen molar-refractivity contribution in [1.82, 2.24) is 10.2 Å². The second-order valence-corrected chi connectivity index (χ2v) is 4.49. The highest BCUT2D eigenvalue weighted by atomic mass is 16.3. The first-order valence-electron chi connectivity index (χ1n) is 5.81. The number of hydrogen-bond donors (Lipinski definition) is 2. The van der Waals surface area contributed by atoms with Crippen LogP contribution >= 0.6 is 0 Å². The zero-order chi connectivity index (χ0) is 13.4. The van der Waals surface area contributed by atoms with Crippen molar-refractivity contribution in [3.63, 3.8) is 0 Å². The molecule has 0 aliphatic heterocycles. The molecule has 96 valence electrons. The van der Waals surface area contributed by atoms with E-state index in [0.29, 0.717) is 17.1 Å². The van der Waals surface area contributed by atoms with Gasteiger partial charge in [-0.1, -0.05) is 0 Å². The van der Waals surface area contributed by atoms with E-state index in [1.807, 2.05) is 27.7 Å². The van der Waals surface area contributed by atoms with Crippen molar-refractivity contribution in [3.05, 3.63) is 33.9 Å². The summed E-state index contributed by atoms with van der Waals surface area (Å²) >= 11 is 0. The quantitative estimate of drug-likeness (QED) is 0.857. The van der Waals surface area contributed by atoms with Crippen LogP contribution < -0.4 is 5.32 Å². The molecule has 2 rings (SSSR count). The van der Waals surface area contributed by atoms with Crippen LogP contribution in [-0.2, 0) is 0 Å². The number of anilines is 1. The number of furan rings is 1. The molecule has 5 heteroatoms. The third-order valence-corrected chi connectivity index (χ3v) is 3.27. The van der Waals surface area contributed by atoms with Gasteiger partial charge >= 0.3 is 0 Å². The highest BCUT2D eigenvalue weighted by molar-refractivity contribution is 6.06. The summed E-state index contributed by atoms with van der Waals surface area (Å²) in [4.78, 5) is 12.2. The number of aromatic amines is 1. The smallest absolute Gasteiger partial charge is 0.260 e. The summed E-state index contributed by atoms with van der Waals surface area (Å²) in [6.45, 7) is 9.34. The van der Waals surface area contributed by atoms with E-state index in [1.54, 1.807) is 6.92 Å². The molecule has 0 radical (unpaired) electrons. The van der Waals surface area contributed by atoms with Crippen molar-refractivity contribution in [2.75, 3.05) is 5.32 Å². The van der Waals surface area contributed by atoms with Crippen LogP contribution in [0.2, 0.25) is 0 Å². The molecule has 0 atom stereocenters. The third kappa shape index (κ3) is 1.92. The van der Waals surface area contributed by atoms with E-state index in [1.165, 1.54) is 0 Å². The lowest BCUT2D eigenvalue weighted by Crippen LogP contribution is -2.14. The first-order chi connectivity index (χ1) is 8.41. The number of H-pyrrole nitrogens is 1. The van der Waals surface area contributed by atoms with Crippen molar-refractivity contribution >= 4 is 11.7 Å². The Morgan fingerprint density at radius 3 is 2.22 bits per heavy atom.